The topological polar surface area (TPSA) is 28.2 Å². The van der Waals surface area contributed by atoms with Gasteiger partial charge in [-0.2, -0.15) is 0 Å². The van der Waals surface area contributed by atoms with Crippen molar-refractivity contribution in [1.29, 1.82) is 0 Å². The molecule has 1 fully saturated rings. The minimum absolute atomic E-state index is 0.938. The van der Waals surface area contributed by atoms with Gasteiger partial charge in [0.1, 0.15) is 0 Å². The molecule has 0 saturated carbocycles. The van der Waals surface area contributed by atoms with E-state index in [1.54, 1.807) is 0 Å². The van der Waals surface area contributed by atoms with E-state index in [0.717, 1.165) is 12.1 Å². The van der Waals surface area contributed by atoms with Gasteiger partial charge >= 0.3 is 0 Å². The summed E-state index contributed by atoms with van der Waals surface area (Å²) < 4.78 is 0. The van der Waals surface area contributed by atoms with Gasteiger partial charge in [0.05, 0.1) is 5.52 Å². The molecule has 0 aliphatic carbocycles. The van der Waals surface area contributed by atoms with Crippen molar-refractivity contribution >= 4 is 22.3 Å². The summed E-state index contributed by atoms with van der Waals surface area (Å²) in [6, 6.07) is 8.64. The van der Waals surface area contributed by atoms with Gasteiger partial charge in [-0.15, -0.1) is 0 Å². The van der Waals surface area contributed by atoms with E-state index in [1.807, 2.05) is 6.20 Å². The highest BCUT2D eigenvalue weighted by atomic mass is 15.1. The first-order chi connectivity index (χ1) is 8.88. The molecule has 1 saturated heterocycles. The first-order valence-corrected chi connectivity index (χ1v) is 6.76. The lowest BCUT2D eigenvalue weighted by atomic mass is 10.1. The number of hydrogen-bond acceptors (Lipinski definition) is 3. The number of fused-ring (bicyclic) bond motifs is 1. The van der Waals surface area contributed by atoms with Crippen LogP contribution >= 0.6 is 0 Å². The molecule has 2 aromatic rings. The average molecular weight is 241 g/mol. The fraction of sp³-hybridized carbons (Fsp3) is 0.400. The van der Waals surface area contributed by atoms with Crippen LogP contribution in [0.1, 0.15) is 19.8 Å². The lowest BCUT2D eigenvalue weighted by Crippen LogP contribution is -2.17. The summed E-state index contributed by atoms with van der Waals surface area (Å²) in [5.74, 6) is 0. The van der Waals surface area contributed by atoms with E-state index in [9.17, 15) is 0 Å². The number of benzene rings is 1. The maximum absolute atomic E-state index is 4.43. The second kappa shape index (κ2) is 4.84. The zero-order chi connectivity index (χ0) is 12.4. The van der Waals surface area contributed by atoms with Gasteiger partial charge in [0.25, 0.3) is 0 Å². The van der Waals surface area contributed by atoms with Gasteiger partial charge in [-0.05, 0) is 44.0 Å². The monoisotopic (exact) mass is 241 g/mol. The van der Waals surface area contributed by atoms with Crippen molar-refractivity contribution in [2.45, 2.75) is 19.8 Å². The molecule has 1 aliphatic rings. The minimum atomic E-state index is 0.938. The maximum Gasteiger partial charge on any atom is 0.0724 e. The van der Waals surface area contributed by atoms with Crippen molar-refractivity contribution in [2.75, 3.05) is 29.9 Å². The summed E-state index contributed by atoms with van der Waals surface area (Å²) >= 11 is 0. The molecule has 3 rings (SSSR count). The zero-order valence-corrected chi connectivity index (χ0v) is 10.8. The third kappa shape index (κ3) is 2.01. The molecule has 18 heavy (non-hydrogen) atoms. The van der Waals surface area contributed by atoms with Crippen molar-refractivity contribution in [3.05, 3.63) is 30.5 Å². The van der Waals surface area contributed by atoms with Gasteiger partial charge in [-0.25, -0.2) is 0 Å². The summed E-state index contributed by atoms with van der Waals surface area (Å²) in [6.07, 6.45) is 4.49. The average Bonchev–Trinajstić information content (AvgIpc) is 2.93. The van der Waals surface area contributed by atoms with Crippen molar-refractivity contribution in [3.63, 3.8) is 0 Å². The normalized spacial score (nSPS) is 15.3. The largest absolute Gasteiger partial charge is 0.385 e. The van der Waals surface area contributed by atoms with Crippen molar-refractivity contribution < 1.29 is 0 Å². The first-order valence-electron chi connectivity index (χ1n) is 6.76. The molecule has 1 aliphatic heterocycles. The third-order valence-corrected chi connectivity index (χ3v) is 3.56. The Morgan fingerprint density at radius 1 is 1.22 bits per heavy atom. The van der Waals surface area contributed by atoms with Crippen LogP contribution in [0.2, 0.25) is 0 Å². The molecule has 2 heterocycles. The quantitative estimate of drug-likeness (QED) is 0.894. The fourth-order valence-corrected chi connectivity index (χ4v) is 2.65. The van der Waals surface area contributed by atoms with E-state index in [0.29, 0.717) is 0 Å². The summed E-state index contributed by atoms with van der Waals surface area (Å²) in [6.45, 7) is 5.42. The number of nitrogens with zero attached hydrogens (tertiary/aromatic N) is 2. The highest BCUT2D eigenvalue weighted by Crippen LogP contribution is 2.28. The van der Waals surface area contributed by atoms with Crippen LogP contribution < -0.4 is 10.2 Å². The molecule has 1 aromatic carbocycles. The molecule has 0 spiro atoms. The molecule has 0 atom stereocenters. The smallest absolute Gasteiger partial charge is 0.0724 e. The first kappa shape index (κ1) is 11.3. The molecule has 3 heteroatoms. The number of hydrogen-bond donors (Lipinski definition) is 1. The van der Waals surface area contributed by atoms with Crippen LogP contribution in [0, 0.1) is 0 Å². The van der Waals surface area contributed by atoms with E-state index in [-0.39, 0.29) is 0 Å². The zero-order valence-electron chi connectivity index (χ0n) is 10.8. The Morgan fingerprint density at radius 2 is 2.06 bits per heavy atom. The number of rotatable bonds is 3. The maximum atomic E-state index is 4.43. The molecule has 94 valence electrons. The van der Waals surface area contributed by atoms with Gasteiger partial charge in [0.15, 0.2) is 0 Å². The summed E-state index contributed by atoms with van der Waals surface area (Å²) in [5, 5.41) is 4.64. The van der Waals surface area contributed by atoms with Gasteiger partial charge in [0.2, 0.25) is 0 Å². The van der Waals surface area contributed by atoms with Crippen LogP contribution in [-0.2, 0) is 0 Å². The predicted octanol–water partition coefficient (Wildman–Crippen LogP) is 3.27. The van der Waals surface area contributed by atoms with E-state index < -0.39 is 0 Å². The standard InChI is InChI=1S/C15H19N3/c1-2-16-15-7-8-17-14-6-5-12(11-13(14)15)18-9-3-4-10-18/h5-8,11H,2-4,9-10H2,1H3,(H,16,17). The highest BCUT2D eigenvalue weighted by molar-refractivity contribution is 5.93. The van der Waals surface area contributed by atoms with Crippen LogP contribution in [0.4, 0.5) is 11.4 Å². The molecule has 3 nitrogen and oxygen atoms in total. The molecule has 0 unspecified atom stereocenters. The lowest BCUT2D eigenvalue weighted by Gasteiger charge is -2.18. The molecular formula is C15H19N3. The van der Waals surface area contributed by atoms with Gasteiger partial charge < -0.3 is 10.2 Å². The highest BCUT2D eigenvalue weighted by Gasteiger charge is 2.13. The number of pyridine rings is 1. The third-order valence-electron chi connectivity index (χ3n) is 3.56. The Balaban J connectivity index is 2.05. The van der Waals surface area contributed by atoms with E-state index in [1.165, 1.54) is 42.7 Å². The van der Waals surface area contributed by atoms with Crippen LogP contribution in [0.15, 0.2) is 30.5 Å². The van der Waals surface area contributed by atoms with Crippen LogP contribution in [0.5, 0.6) is 0 Å². The van der Waals surface area contributed by atoms with Crippen LogP contribution in [0.25, 0.3) is 10.9 Å². The molecule has 0 bridgehead atoms. The summed E-state index contributed by atoms with van der Waals surface area (Å²) in [5.41, 5.74) is 3.58. The van der Waals surface area contributed by atoms with Crippen LogP contribution in [-0.4, -0.2) is 24.6 Å². The predicted molar refractivity (Wildman–Crippen MR) is 77.4 cm³/mol. The van der Waals surface area contributed by atoms with E-state index in [4.69, 9.17) is 0 Å². The number of anilines is 2. The Kier molecular flexibility index (Phi) is 3.05. The molecular weight excluding hydrogens is 222 g/mol. The Morgan fingerprint density at radius 3 is 2.83 bits per heavy atom. The van der Waals surface area contributed by atoms with E-state index in [2.05, 4.69) is 46.4 Å². The molecule has 1 aromatic heterocycles. The molecule has 0 radical (unpaired) electrons. The van der Waals surface area contributed by atoms with Gasteiger partial charge in [-0.1, -0.05) is 0 Å². The number of aromatic nitrogens is 1. The minimum Gasteiger partial charge on any atom is -0.385 e. The lowest BCUT2D eigenvalue weighted by molar-refractivity contribution is 0.949. The number of nitrogens with one attached hydrogen (secondary N) is 1. The van der Waals surface area contributed by atoms with Gasteiger partial charge in [0, 0.05) is 42.6 Å². The van der Waals surface area contributed by atoms with Crippen molar-refractivity contribution in [3.8, 4) is 0 Å². The van der Waals surface area contributed by atoms with E-state index >= 15 is 0 Å². The summed E-state index contributed by atoms with van der Waals surface area (Å²) in [7, 11) is 0. The Labute approximate surface area is 108 Å². The summed E-state index contributed by atoms with van der Waals surface area (Å²) in [4.78, 5) is 6.89. The van der Waals surface area contributed by atoms with Gasteiger partial charge in [-0.3, -0.25) is 4.98 Å². The Hall–Kier alpha value is -1.77. The second-order valence-electron chi connectivity index (χ2n) is 4.78. The van der Waals surface area contributed by atoms with Crippen molar-refractivity contribution in [1.82, 2.24) is 4.98 Å². The second-order valence-corrected chi connectivity index (χ2v) is 4.78. The fourth-order valence-electron chi connectivity index (χ4n) is 2.65. The van der Waals surface area contributed by atoms with Crippen molar-refractivity contribution in [2.24, 2.45) is 0 Å². The van der Waals surface area contributed by atoms with Crippen LogP contribution in [0.3, 0.4) is 0 Å². The molecule has 1 N–H and O–H groups in total. The SMILES string of the molecule is CCNc1ccnc2ccc(N3CCCC3)cc12. The Bertz CT molecular complexity index is 544. The molecule has 0 amide bonds.